The molecule has 0 aromatic heterocycles. The normalized spacial score (nSPS) is 18.5. The van der Waals surface area contributed by atoms with Gasteiger partial charge in [0.2, 0.25) is 9.84 Å². The standard InChI is InChI=1S/C10H8ClNO2S/c11-8-3-1-2-7(6-8)9-4-5-10(12)15(9,13)14/h1-6H,12H2. The zero-order valence-electron chi connectivity index (χ0n) is 7.64. The molecule has 5 heteroatoms. The number of hydrogen-bond donors (Lipinski definition) is 1. The molecule has 0 amide bonds. The van der Waals surface area contributed by atoms with Crippen molar-refractivity contribution >= 4 is 26.3 Å². The van der Waals surface area contributed by atoms with E-state index in [1.165, 1.54) is 12.2 Å². The van der Waals surface area contributed by atoms with Crippen molar-refractivity contribution in [2.75, 3.05) is 0 Å². The molecule has 0 saturated heterocycles. The smallest absolute Gasteiger partial charge is 0.221 e. The lowest BCUT2D eigenvalue weighted by Gasteiger charge is -2.04. The molecule has 0 atom stereocenters. The van der Waals surface area contributed by atoms with E-state index in [1.54, 1.807) is 24.3 Å². The summed E-state index contributed by atoms with van der Waals surface area (Å²) < 4.78 is 23.4. The molecule has 0 saturated carbocycles. The first-order valence-corrected chi connectivity index (χ1v) is 6.06. The molecular formula is C10H8ClNO2S. The lowest BCUT2D eigenvalue weighted by atomic mass is 10.2. The molecule has 1 aliphatic heterocycles. The highest BCUT2D eigenvalue weighted by Crippen LogP contribution is 2.30. The van der Waals surface area contributed by atoms with Gasteiger partial charge in [0, 0.05) is 5.02 Å². The van der Waals surface area contributed by atoms with Crippen molar-refractivity contribution in [1.29, 1.82) is 0 Å². The zero-order valence-corrected chi connectivity index (χ0v) is 9.22. The molecular weight excluding hydrogens is 234 g/mol. The minimum absolute atomic E-state index is 0.127. The van der Waals surface area contributed by atoms with Gasteiger partial charge in [0.25, 0.3) is 0 Å². The molecule has 2 rings (SSSR count). The van der Waals surface area contributed by atoms with Crippen molar-refractivity contribution in [3.63, 3.8) is 0 Å². The molecule has 78 valence electrons. The predicted molar refractivity (Wildman–Crippen MR) is 60.6 cm³/mol. The number of rotatable bonds is 1. The van der Waals surface area contributed by atoms with Gasteiger partial charge in [0.05, 0.1) is 4.91 Å². The molecule has 1 aromatic carbocycles. The molecule has 0 radical (unpaired) electrons. The summed E-state index contributed by atoms with van der Waals surface area (Å²) in [7, 11) is -3.49. The average Bonchev–Trinajstić information content (AvgIpc) is 2.42. The van der Waals surface area contributed by atoms with Crippen molar-refractivity contribution in [3.05, 3.63) is 52.0 Å². The van der Waals surface area contributed by atoms with Crippen molar-refractivity contribution in [2.45, 2.75) is 0 Å². The largest absolute Gasteiger partial charge is 0.389 e. The lowest BCUT2D eigenvalue weighted by Crippen LogP contribution is -2.09. The first-order chi connectivity index (χ1) is 7.01. The van der Waals surface area contributed by atoms with Gasteiger partial charge in [0.1, 0.15) is 5.03 Å². The third kappa shape index (κ3) is 1.66. The molecule has 3 nitrogen and oxygen atoms in total. The molecule has 1 aromatic rings. The summed E-state index contributed by atoms with van der Waals surface area (Å²) in [4.78, 5) is 0.197. The highest BCUT2D eigenvalue weighted by molar-refractivity contribution is 8.04. The zero-order chi connectivity index (χ0) is 11.1. The summed E-state index contributed by atoms with van der Waals surface area (Å²) >= 11 is 5.78. The monoisotopic (exact) mass is 241 g/mol. The Hall–Kier alpha value is -1.26. The summed E-state index contributed by atoms with van der Waals surface area (Å²) in [6.45, 7) is 0. The Morgan fingerprint density at radius 3 is 2.47 bits per heavy atom. The summed E-state index contributed by atoms with van der Waals surface area (Å²) in [5, 5.41) is 0.367. The van der Waals surface area contributed by atoms with Crippen LogP contribution in [0.3, 0.4) is 0 Å². The second-order valence-corrected chi connectivity index (χ2v) is 5.47. The number of halogens is 1. The minimum atomic E-state index is -3.49. The van der Waals surface area contributed by atoms with E-state index < -0.39 is 9.84 Å². The predicted octanol–water partition coefficient (Wildman–Crippen LogP) is 1.91. The van der Waals surface area contributed by atoms with Crippen LogP contribution in [0.15, 0.2) is 41.4 Å². The number of benzene rings is 1. The van der Waals surface area contributed by atoms with Crippen molar-refractivity contribution in [3.8, 4) is 0 Å². The summed E-state index contributed by atoms with van der Waals surface area (Å²) in [6, 6.07) is 6.66. The van der Waals surface area contributed by atoms with Crippen LogP contribution in [0.25, 0.3) is 4.91 Å². The first kappa shape index (κ1) is 10.3. The fourth-order valence-corrected chi connectivity index (χ4v) is 2.73. The van der Waals surface area contributed by atoms with Crippen molar-refractivity contribution in [1.82, 2.24) is 0 Å². The van der Waals surface area contributed by atoms with Crippen LogP contribution in [0.2, 0.25) is 5.02 Å². The molecule has 1 heterocycles. The Morgan fingerprint density at radius 1 is 1.20 bits per heavy atom. The number of nitrogens with two attached hydrogens (primary N) is 1. The van der Waals surface area contributed by atoms with Crippen LogP contribution >= 0.6 is 11.6 Å². The van der Waals surface area contributed by atoms with E-state index in [9.17, 15) is 8.42 Å². The van der Waals surface area contributed by atoms with Gasteiger partial charge in [-0.1, -0.05) is 23.7 Å². The maximum Gasteiger partial charge on any atom is 0.221 e. The third-order valence-corrected chi connectivity index (χ3v) is 4.05. The molecule has 0 bridgehead atoms. The average molecular weight is 242 g/mol. The molecule has 15 heavy (non-hydrogen) atoms. The lowest BCUT2D eigenvalue weighted by molar-refractivity contribution is 0.611. The Morgan fingerprint density at radius 2 is 1.93 bits per heavy atom. The SMILES string of the molecule is NC1=CC=C(c2cccc(Cl)c2)S1(=O)=O. The molecule has 0 spiro atoms. The number of sulfone groups is 1. The fraction of sp³-hybridized carbons (Fsp3) is 0. The van der Waals surface area contributed by atoms with Crippen LogP contribution < -0.4 is 5.73 Å². The van der Waals surface area contributed by atoms with Crippen LogP contribution in [0.4, 0.5) is 0 Å². The van der Waals surface area contributed by atoms with Crippen LogP contribution in [-0.4, -0.2) is 8.42 Å². The second-order valence-electron chi connectivity index (χ2n) is 3.11. The van der Waals surface area contributed by atoms with Crippen LogP contribution in [0.5, 0.6) is 0 Å². The topological polar surface area (TPSA) is 60.2 Å². The quantitative estimate of drug-likeness (QED) is 0.817. The van der Waals surface area contributed by atoms with E-state index in [-0.39, 0.29) is 9.93 Å². The van der Waals surface area contributed by atoms with E-state index in [4.69, 9.17) is 17.3 Å². The highest BCUT2D eigenvalue weighted by atomic mass is 35.5. The van der Waals surface area contributed by atoms with Crippen LogP contribution in [-0.2, 0) is 9.84 Å². The maximum absolute atomic E-state index is 11.7. The Labute approximate surface area is 92.8 Å². The van der Waals surface area contributed by atoms with E-state index >= 15 is 0 Å². The van der Waals surface area contributed by atoms with Crippen LogP contribution in [0.1, 0.15) is 5.56 Å². The summed E-state index contributed by atoms with van der Waals surface area (Å²) in [5.74, 6) is 0. The molecule has 2 N–H and O–H groups in total. The minimum Gasteiger partial charge on any atom is -0.389 e. The maximum atomic E-state index is 11.7. The van der Waals surface area contributed by atoms with Crippen molar-refractivity contribution < 1.29 is 8.42 Å². The molecule has 0 unspecified atom stereocenters. The van der Waals surface area contributed by atoms with Crippen LogP contribution in [0, 0.1) is 0 Å². The Kier molecular flexibility index (Phi) is 2.32. The van der Waals surface area contributed by atoms with E-state index in [2.05, 4.69) is 0 Å². The van der Waals surface area contributed by atoms with Gasteiger partial charge in [-0.05, 0) is 29.8 Å². The van der Waals surface area contributed by atoms with Gasteiger partial charge in [-0.25, -0.2) is 8.42 Å². The Balaban J connectivity index is 2.54. The molecule has 0 aliphatic carbocycles. The van der Waals surface area contributed by atoms with Gasteiger partial charge >= 0.3 is 0 Å². The number of allylic oxidation sites excluding steroid dienone is 2. The number of hydrogen-bond acceptors (Lipinski definition) is 3. The van der Waals surface area contributed by atoms with Gasteiger partial charge in [0.15, 0.2) is 0 Å². The fourth-order valence-electron chi connectivity index (χ4n) is 1.36. The van der Waals surface area contributed by atoms with Gasteiger partial charge in [-0.2, -0.15) is 0 Å². The van der Waals surface area contributed by atoms with Gasteiger partial charge in [-0.3, -0.25) is 0 Å². The second kappa shape index (κ2) is 3.40. The summed E-state index contributed by atoms with van der Waals surface area (Å²) in [6.07, 6.45) is 2.86. The molecule has 1 aliphatic rings. The highest BCUT2D eigenvalue weighted by Gasteiger charge is 2.26. The third-order valence-electron chi connectivity index (χ3n) is 2.11. The Bertz CT molecular complexity index is 573. The molecule has 0 fully saturated rings. The van der Waals surface area contributed by atoms with E-state index in [0.717, 1.165) is 0 Å². The van der Waals surface area contributed by atoms with Gasteiger partial charge < -0.3 is 5.73 Å². The van der Waals surface area contributed by atoms with Gasteiger partial charge in [-0.15, -0.1) is 0 Å². The van der Waals surface area contributed by atoms with Crippen molar-refractivity contribution in [2.24, 2.45) is 5.73 Å². The van der Waals surface area contributed by atoms with E-state index in [0.29, 0.717) is 10.6 Å². The van der Waals surface area contributed by atoms with E-state index in [1.807, 2.05) is 0 Å². The summed E-state index contributed by atoms with van der Waals surface area (Å²) in [5.41, 5.74) is 5.92. The first-order valence-electron chi connectivity index (χ1n) is 4.20.